The summed E-state index contributed by atoms with van der Waals surface area (Å²) in [5.41, 5.74) is 0.898. The second kappa shape index (κ2) is 10.9. The molecule has 1 heterocycles. The van der Waals surface area contributed by atoms with E-state index in [4.69, 9.17) is 32.7 Å². The van der Waals surface area contributed by atoms with Gasteiger partial charge in [-0.3, -0.25) is 9.59 Å². The van der Waals surface area contributed by atoms with Gasteiger partial charge in [0.25, 0.3) is 11.7 Å². The quantitative estimate of drug-likeness (QED) is 0.231. The molecule has 0 aromatic heterocycles. The van der Waals surface area contributed by atoms with Crippen LogP contribution < -0.4 is 4.74 Å². The Kier molecular flexibility index (Phi) is 8.18. The predicted molar refractivity (Wildman–Crippen MR) is 124 cm³/mol. The molecule has 1 unspecified atom stereocenters. The normalized spacial score (nSPS) is 17.8. The Morgan fingerprint density at radius 1 is 1.09 bits per heavy atom. The van der Waals surface area contributed by atoms with Crippen molar-refractivity contribution in [2.45, 2.75) is 25.8 Å². The molecule has 1 aliphatic heterocycles. The lowest BCUT2D eigenvalue weighted by atomic mass is 9.95. The second-order valence-corrected chi connectivity index (χ2v) is 8.22. The van der Waals surface area contributed by atoms with Crippen molar-refractivity contribution in [2.24, 2.45) is 0 Å². The van der Waals surface area contributed by atoms with Gasteiger partial charge in [0.05, 0.1) is 18.2 Å². The first kappa shape index (κ1) is 24.1. The first-order chi connectivity index (χ1) is 15.4. The Labute approximate surface area is 197 Å². The molecule has 0 aliphatic carbocycles. The Hall–Kier alpha value is -2.54. The zero-order valence-electron chi connectivity index (χ0n) is 17.9. The number of hydrogen-bond acceptors (Lipinski definition) is 5. The van der Waals surface area contributed by atoms with E-state index >= 15 is 0 Å². The zero-order valence-corrected chi connectivity index (χ0v) is 19.4. The van der Waals surface area contributed by atoms with Crippen molar-refractivity contribution < 1.29 is 24.2 Å². The molecule has 0 radical (unpaired) electrons. The summed E-state index contributed by atoms with van der Waals surface area (Å²) >= 11 is 12.5. The Balaban J connectivity index is 2.07. The predicted octanol–water partition coefficient (Wildman–Crippen LogP) is 5.24. The van der Waals surface area contributed by atoms with Crippen LogP contribution >= 0.6 is 23.2 Å². The average Bonchev–Trinajstić information content (AvgIpc) is 3.02. The standard InChI is InChI=1S/C24H25Cl2NO5/c1-3-12-32-17-8-5-15(6-9-17)22(28)20-21(18-10-7-16(25)14-19(18)26)27(11-4-13-31-2)24(30)23(20)29/h5-10,14,21,28H,3-4,11-13H2,1-2H3/b22-20+. The van der Waals surface area contributed by atoms with Gasteiger partial charge in [0.2, 0.25) is 0 Å². The number of aliphatic hydroxyl groups excluding tert-OH is 1. The zero-order chi connectivity index (χ0) is 23.3. The highest BCUT2D eigenvalue weighted by atomic mass is 35.5. The molecule has 1 aliphatic rings. The largest absolute Gasteiger partial charge is 0.507 e. The summed E-state index contributed by atoms with van der Waals surface area (Å²) in [6.45, 7) is 3.27. The maximum Gasteiger partial charge on any atom is 0.295 e. The van der Waals surface area contributed by atoms with Crippen LogP contribution in [0, 0.1) is 0 Å². The molecule has 8 heteroatoms. The topological polar surface area (TPSA) is 76.1 Å². The van der Waals surface area contributed by atoms with E-state index in [1.165, 1.54) is 4.90 Å². The molecule has 1 amide bonds. The summed E-state index contributed by atoms with van der Waals surface area (Å²) in [5.74, 6) is -1.07. The first-order valence-corrected chi connectivity index (χ1v) is 11.1. The minimum absolute atomic E-state index is 0.0149. The van der Waals surface area contributed by atoms with Crippen LogP contribution in [-0.4, -0.2) is 48.6 Å². The van der Waals surface area contributed by atoms with Crippen molar-refractivity contribution in [1.29, 1.82) is 0 Å². The van der Waals surface area contributed by atoms with Crippen LogP contribution in [0.4, 0.5) is 0 Å². The molecular formula is C24H25Cl2NO5. The van der Waals surface area contributed by atoms with Gasteiger partial charge in [-0.1, -0.05) is 36.2 Å². The first-order valence-electron chi connectivity index (χ1n) is 10.3. The molecule has 0 saturated carbocycles. The fraction of sp³-hybridized carbons (Fsp3) is 0.333. The Morgan fingerprint density at radius 2 is 1.81 bits per heavy atom. The number of halogens is 2. The van der Waals surface area contributed by atoms with E-state index in [0.29, 0.717) is 46.6 Å². The molecule has 6 nitrogen and oxygen atoms in total. The molecule has 1 N–H and O–H groups in total. The number of aliphatic hydroxyl groups is 1. The molecular weight excluding hydrogens is 453 g/mol. The molecule has 32 heavy (non-hydrogen) atoms. The number of likely N-dealkylation sites (tertiary alicyclic amines) is 1. The highest BCUT2D eigenvalue weighted by Gasteiger charge is 2.46. The summed E-state index contributed by atoms with van der Waals surface area (Å²) in [5, 5.41) is 11.8. The van der Waals surface area contributed by atoms with E-state index < -0.39 is 17.7 Å². The summed E-state index contributed by atoms with van der Waals surface area (Å²) in [4.78, 5) is 27.3. The molecule has 3 rings (SSSR count). The van der Waals surface area contributed by atoms with Crippen LogP contribution in [-0.2, 0) is 14.3 Å². The van der Waals surface area contributed by atoms with Gasteiger partial charge in [0.15, 0.2) is 0 Å². The SMILES string of the molecule is CCCOc1ccc(/C(O)=C2\C(=O)C(=O)N(CCCOC)C2c2ccc(Cl)cc2Cl)cc1. The molecule has 2 aromatic rings. The number of rotatable bonds is 9. The molecule has 0 bridgehead atoms. The fourth-order valence-corrected chi connectivity index (χ4v) is 4.13. The van der Waals surface area contributed by atoms with Crippen molar-refractivity contribution in [3.8, 4) is 5.75 Å². The fourth-order valence-electron chi connectivity index (χ4n) is 3.62. The van der Waals surface area contributed by atoms with E-state index in [9.17, 15) is 14.7 Å². The van der Waals surface area contributed by atoms with Crippen LogP contribution in [0.5, 0.6) is 5.75 Å². The van der Waals surface area contributed by atoms with E-state index in [0.717, 1.165) is 6.42 Å². The van der Waals surface area contributed by atoms with Crippen molar-refractivity contribution >= 4 is 40.7 Å². The number of nitrogens with zero attached hydrogens (tertiary/aromatic N) is 1. The third-order valence-corrected chi connectivity index (χ3v) is 5.71. The Bertz CT molecular complexity index is 1020. The highest BCUT2D eigenvalue weighted by molar-refractivity contribution is 6.47. The van der Waals surface area contributed by atoms with Crippen molar-refractivity contribution in [1.82, 2.24) is 4.90 Å². The molecule has 170 valence electrons. The second-order valence-electron chi connectivity index (χ2n) is 7.38. The van der Waals surface area contributed by atoms with Crippen molar-refractivity contribution in [2.75, 3.05) is 26.9 Å². The van der Waals surface area contributed by atoms with E-state index in [1.54, 1.807) is 49.6 Å². The third-order valence-electron chi connectivity index (χ3n) is 5.15. The number of ketones is 1. The van der Waals surface area contributed by atoms with Gasteiger partial charge in [0, 0.05) is 35.9 Å². The smallest absolute Gasteiger partial charge is 0.295 e. The van der Waals surface area contributed by atoms with Crippen LogP contribution in [0.15, 0.2) is 48.0 Å². The summed E-state index contributed by atoms with van der Waals surface area (Å²) < 4.78 is 10.7. The minimum atomic E-state index is -0.840. The Morgan fingerprint density at radius 3 is 2.44 bits per heavy atom. The lowest BCUT2D eigenvalue weighted by Crippen LogP contribution is -2.31. The van der Waals surface area contributed by atoms with E-state index in [2.05, 4.69) is 0 Å². The highest BCUT2D eigenvalue weighted by Crippen LogP contribution is 2.42. The summed E-state index contributed by atoms with van der Waals surface area (Å²) in [6, 6.07) is 10.7. The number of Topliss-reactive ketones (excluding diaryl/α,β-unsaturated/α-hetero) is 1. The molecule has 0 spiro atoms. The van der Waals surface area contributed by atoms with Crippen LogP contribution in [0.1, 0.15) is 36.9 Å². The molecule has 1 fully saturated rings. The number of ether oxygens (including phenoxy) is 2. The van der Waals surface area contributed by atoms with Gasteiger partial charge in [-0.15, -0.1) is 0 Å². The van der Waals surface area contributed by atoms with E-state index in [-0.39, 0.29) is 17.9 Å². The lowest BCUT2D eigenvalue weighted by molar-refractivity contribution is -0.140. The summed E-state index contributed by atoms with van der Waals surface area (Å²) in [6.07, 6.45) is 1.39. The number of methoxy groups -OCH3 is 1. The van der Waals surface area contributed by atoms with Gasteiger partial charge >= 0.3 is 0 Å². The number of carbonyl (C=O) groups excluding carboxylic acids is 2. The number of amides is 1. The van der Waals surface area contributed by atoms with Crippen molar-refractivity contribution in [3.63, 3.8) is 0 Å². The maximum absolute atomic E-state index is 13.0. The van der Waals surface area contributed by atoms with Crippen LogP contribution in [0.3, 0.4) is 0 Å². The number of hydrogen-bond donors (Lipinski definition) is 1. The van der Waals surface area contributed by atoms with Crippen LogP contribution in [0.25, 0.3) is 5.76 Å². The molecule has 2 aromatic carbocycles. The molecule has 1 atom stereocenters. The van der Waals surface area contributed by atoms with Gasteiger partial charge in [-0.25, -0.2) is 0 Å². The van der Waals surface area contributed by atoms with Gasteiger partial charge in [0.1, 0.15) is 11.5 Å². The third kappa shape index (κ3) is 5.09. The van der Waals surface area contributed by atoms with Gasteiger partial charge in [-0.05, 0) is 54.8 Å². The lowest BCUT2D eigenvalue weighted by Gasteiger charge is -2.26. The number of carbonyl (C=O) groups is 2. The average molecular weight is 478 g/mol. The van der Waals surface area contributed by atoms with Crippen LogP contribution in [0.2, 0.25) is 10.0 Å². The number of benzene rings is 2. The maximum atomic E-state index is 13.0. The van der Waals surface area contributed by atoms with Gasteiger partial charge in [-0.2, -0.15) is 0 Å². The van der Waals surface area contributed by atoms with Gasteiger partial charge < -0.3 is 19.5 Å². The van der Waals surface area contributed by atoms with E-state index in [1.807, 2.05) is 6.92 Å². The molecule has 1 saturated heterocycles. The van der Waals surface area contributed by atoms with Crippen molar-refractivity contribution in [3.05, 3.63) is 69.2 Å². The minimum Gasteiger partial charge on any atom is -0.507 e. The monoisotopic (exact) mass is 477 g/mol. The summed E-state index contributed by atoms with van der Waals surface area (Å²) in [7, 11) is 1.57.